The molecule has 1 atom stereocenters. The van der Waals surface area contributed by atoms with Crippen LogP contribution in [0.1, 0.15) is 0 Å². The normalized spacial score (nSPS) is 19.0. The average molecular weight is 169 g/mol. The molecule has 2 N–H and O–H groups in total. The molecule has 0 bridgehead atoms. The van der Waals surface area contributed by atoms with Crippen molar-refractivity contribution in [3.8, 4) is 0 Å². The highest BCUT2D eigenvalue weighted by molar-refractivity contribution is 5.93. The maximum Gasteiger partial charge on any atom is 0.251 e. The Bertz CT molecular complexity index is 216. The summed E-state index contributed by atoms with van der Waals surface area (Å²) in [6.45, 7) is 3.35. The van der Waals surface area contributed by atoms with Gasteiger partial charge < -0.3 is 15.1 Å². The van der Waals surface area contributed by atoms with Crippen molar-refractivity contribution in [3.05, 3.63) is 24.4 Å². The number of rotatable bonds is 3. The van der Waals surface area contributed by atoms with Crippen LogP contribution in [0.3, 0.4) is 0 Å². The zero-order valence-electron chi connectivity index (χ0n) is 6.60. The Morgan fingerprint density at radius 2 is 2.25 bits per heavy atom. The van der Waals surface area contributed by atoms with E-state index in [1.807, 2.05) is 0 Å². The molecule has 66 valence electrons. The largest absolute Gasteiger partial charge is 0.394 e. The van der Waals surface area contributed by atoms with E-state index in [-0.39, 0.29) is 19.1 Å². The van der Waals surface area contributed by atoms with Gasteiger partial charge in [-0.1, -0.05) is 6.58 Å². The van der Waals surface area contributed by atoms with E-state index >= 15 is 0 Å². The highest BCUT2D eigenvalue weighted by atomic mass is 16.3. The van der Waals surface area contributed by atoms with Crippen LogP contribution in [0.15, 0.2) is 24.4 Å². The smallest absolute Gasteiger partial charge is 0.251 e. The highest BCUT2D eigenvalue weighted by Gasteiger charge is 2.20. The lowest BCUT2D eigenvalue weighted by atomic mass is 10.3. The van der Waals surface area contributed by atoms with Gasteiger partial charge in [-0.3, -0.25) is 4.79 Å². The predicted molar refractivity (Wildman–Crippen MR) is 43.1 cm³/mol. The van der Waals surface area contributed by atoms with Gasteiger partial charge in [-0.05, 0) is 6.08 Å². The molecular formula is C8H11NO3. The first-order valence-corrected chi connectivity index (χ1v) is 3.62. The Kier molecular flexibility index (Phi) is 2.62. The second kappa shape index (κ2) is 3.51. The fourth-order valence-corrected chi connectivity index (χ4v) is 0.965. The molecule has 1 amide bonds. The molecule has 1 heterocycles. The number of amides is 1. The van der Waals surface area contributed by atoms with Crippen molar-refractivity contribution in [3.63, 3.8) is 0 Å². The molecule has 0 saturated carbocycles. The minimum Gasteiger partial charge on any atom is -0.394 e. The average Bonchev–Trinajstić information content (AvgIpc) is 2.35. The highest BCUT2D eigenvalue weighted by Crippen LogP contribution is 2.12. The Labute approximate surface area is 70.4 Å². The second-order valence-corrected chi connectivity index (χ2v) is 2.61. The van der Waals surface area contributed by atoms with Crippen LogP contribution in [-0.2, 0) is 4.79 Å². The summed E-state index contributed by atoms with van der Waals surface area (Å²) in [4.78, 5) is 12.3. The number of hydrogen-bond donors (Lipinski definition) is 2. The minimum atomic E-state index is -0.898. The van der Waals surface area contributed by atoms with E-state index in [0.29, 0.717) is 5.70 Å². The van der Waals surface area contributed by atoms with Gasteiger partial charge in [0, 0.05) is 11.8 Å². The van der Waals surface area contributed by atoms with Crippen LogP contribution in [0, 0.1) is 0 Å². The van der Waals surface area contributed by atoms with Crippen LogP contribution in [0.4, 0.5) is 0 Å². The van der Waals surface area contributed by atoms with Crippen molar-refractivity contribution in [1.82, 2.24) is 4.90 Å². The van der Waals surface area contributed by atoms with Crippen molar-refractivity contribution in [2.45, 2.75) is 6.10 Å². The van der Waals surface area contributed by atoms with Crippen LogP contribution in [0.2, 0.25) is 0 Å². The van der Waals surface area contributed by atoms with Gasteiger partial charge in [0.1, 0.15) is 0 Å². The van der Waals surface area contributed by atoms with E-state index in [2.05, 4.69) is 6.58 Å². The molecule has 4 nitrogen and oxygen atoms in total. The summed E-state index contributed by atoms with van der Waals surface area (Å²) in [7, 11) is 0. The maximum atomic E-state index is 11.0. The molecule has 1 aliphatic rings. The van der Waals surface area contributed by atoms with Crippen molar-refractivity contribution < 1.29 is 15.0 Å². The molecule has 1 unspecified atom stereocenters. The topological polar surface area (TPSA) is 60.8 Å². The molecule has 1 aliphatic heterocycles. The van der Waals surface area contributed by atoms with Crippen LogP contribution >= 0.6 is 0 Å². The van der Waals surface area contributed by atoms with Crippen molar-refractivity contribution in [2.24, 2.45) is 0 Å². The fourth-order valence-electron chi connectivity index (χ4n) is 0.965. The summed E-state index contributed by atoms with van der Waals surface area (Å²) in [6.07, 6.45) is 2.06. The summed E-state index contributed by atoms with van der Waals surface area (Å²) in [6, 6.07) is 0. The zero-order chi connectivity index (χ0) is 9.14. The van der Waals surface area contributed by atoms with Gasteiger partial charge in [-0.2, -0.15) is 0 Å². The lowest BCUT2D eigenvalue weighted by Gasteiger charge is -2.19. The zero-order valence-corrected chi connectivity index (χ0v) is 6.60. The Balaban J connectivity index is 2.53. The maximum absolute atomic E-state index is 11.0. The van der Waals surface area contributed by atoms with Crippen LogP contribution < -0.4 is 0 Å². The summed E-state index contributed by atoms with van der Waals surface area (Å²) in [5, 5.41) is 17.6. The third kappa shape index (κ3) is 1.72. The number of carbonyl (C=O) groups is 1. The number of allylic oxidation sites excluding steroid dienone is 1. The summed E-state index contributed by atoms with van der Waals surface area (Å²) >= 11 is 0. The number of β-amino-alcohol motifs (C(OH)–C–C–N with tert-alkyl or cyclic N) is 1. The lowest BCUT2D eigenvalue weighted by molar-refractivity contribution is -0.124. The first kappa shape index (κ1) is 8.96. The molecule has 1 rings (SSSR count). The van der Waals surface area contributed by atoms with Gasteiger partial charge in [-0.15, -0.1) is 0 Å². The third-order valence-electron chi connectivity index (χ3n) is 1.64. The molecular weight excluding hydrogens is 158 g/mol. The van der Waals surface area contributed by atoms with E-state index in [0.717, 1.165) is 0 Å². The molecule has 0 saturated heterocycles. The molecule has 0 fully saturated rings. The monoisotopic (exact) mass is 169 g/mol. The van der Waals surface area contributed by atoms with Crippen LogP contribution in [0.25, 0.3) is 0 Å². The van der Waals surface area contributed by atoms with Crippen molar-refractivity contribution in [1.29, 1.82) is 0 Å². The summed E-state index contributed by atoms with van der Waals surface area (Å²) < 4.78 is 0. The third-order valence-corrected chi connectivity index (χ3v) is 1.64. The summed E-state index contributed by atoms with van der Waals surface area (Å²) in [5.41, 5.74) is 0.549. The van der Waals surface area contributed by atoms with E-state index in [1.165, 1.54) is 11.0 Å². The molecule has 0 aromatic rings. The first-order chi connectivity index (χ1) is 5.65. The van der Waals surface area contributed by atoms with E-state index < -0.39 is 6.10 Å². The molecule has 0 spiro atoms. The lowest BCUT2D eigenvalue weighted by Crippen LogP contribution is -2.34. The number of aliphatic hydroxyl groups is 2. The molecule has 0 radical (unpaired) electrons. The van der Waals surface area contributed by atoms with Gasteiger partial charge in [0.05, 0.1) is 19.3 Å². The van der Waals surface area contributed by atoms with Crippen molar-refractivity contribution >= 4 is 5.91 Å². The SMILES string of the molecule is C=C1C=CC(=O)N1CC(O)CO. The van der Waals surface area contributed by atoms with Crippen LogP contribution in [-0.4, -0.2) is 40.3 Å². The molecule has 0 aromatic carbocycles. The van der Waals surface area contributed by atoms with Crippen LogP contribution in [0.5, 0.6) is 0 Å². The van der Waals surface area contributed by atoms with E-state index in [4.69, 9.17) is 10.2 Å². The van der Waals surface area contributed by atoms with Gasteiger partial charge in [0.2, 0.25) is 0 Å². The number of carbonyl (C=O) groups excluding carboxylic acids is 1. The summed E-state index contributed by atoms with van der Waals surface area (Å²) in [5.74, 6) is -0.201. The van der Waals surface area contributed by atoms with E-state index in [1.54, 1.807) is 6.08 Å². The van der Waals surface area contributed by atoms with E-state index in [9.17, 15) is 4.79 Å². The van der Waals surface area contributed by atoms with Gasteiger partial charge in [-0.25, -0.2) is 0 Å². The quantitative estimate of drug-likeness (QED) is 0.584. The van der Waals surface area contributed by atoms with Crippen molar-refractivity contribution in [2.75, 3.05) is 13.2 Å². The molecule has 0 aromatic heterocycles. The molecule has 12 heavy (non-hydrogen) atoms. The number of hydrogen-bond acceptors (Lipinski definition) is 3. The first-order valence-electron chi connectivity index (χ1n) is 3.62. The Morgan fingerprint density at radius 1 is 1.58 bits per heavy atom. The fraction of sp³-hybridized carbons (Fsp3) is 0.375. The molecule has 4 heteroatoms. The van der Waals surface area contributed by atoms with Gasteiger partial charge in [0.25, 0.3) is 5.91 Å². The van der Waals surface area contributed by atoms with Gasteiger partial charge in [0.15, 0.2) is 0 Å². The predicted octanol–water partition coefficient (Wildman–Crippen LogP) is -0.748. The molecule has 0 aliphatic carbocycles. The second-order valence-electron chi connectivity index (χ2n) is 2.61. The number of nitrogens with zero attached hydrogens (tertiary/aromatic N) is 1. The number of aliphatic hydroxyl groups excluding tert-OH is 2. The Morgan fingerprint density at radius 3 is 2.67 bits per heavy atom. The van der Waals surface area contributed by atoms with Gasteiger partial charge >= 0.3 is 0 Å². The minimum absolute atomic E-state index is 0.0984. The standard InChI is InChI=1S/C8H11NO3/c1-6-2-3-8(12)9(6)4-7(11)5-10/h2-3,7,10-11H,1,4-5H2. The Hall–Kier alpha value is -1.13.